The minimum absolute atomic E-state index is 0. The van der Waals surface area contributed by atoms with Gasteiger partial charge in [-0.2, -0.15) is 0 Å². The van der Waals surface area contributed by atoms with Crippen molar-refractivity contribution < 1.29 is 4.79 Å². The molecule has 0 spiro atoms. The highest BCUT2D eigenvalue weighted by atomic mass is 35.5. The van der Waals surface area contributed by atoms with Crippen molar-refractivity contribution in [1.82, 2.24) is 25.1 Å². The van der Waals surface area contributed by atoms with Crippen molar-refractivity contribution in [3.63, 3.8) is 0 Å². The van der Waals surface area contributed by atoms with E-state index in [1.807, 2.05) is 38.1 Å². The highest BCUT2D eigenvalue weighted by Crippen LogP contribution is 2.36. The zero-order valence-electron chi connectivity index (χ0n) is 21.7. The number of fused-ring (bicyclic) bond motifs is 1. The molecule has 194 valence electrons. The number of amides is 1. The predicted octanol–water partition coefficient (Wildman–Crippen LogP) is 3.85. The summed E-state index contributed by atoms with van der Waals surface area (Å²) >= 11 is 0. The lowest BCUT2D eigenvalue weighted by Crippen LogP contribution is -2.58. The highest BCUT2D eigenvalue weighted by molar-refractivity contribution is 6.08. The van der Waals surface area contributed by atoms with E-state index in [2.05, 4.69) is 45.0 Å². The molecule has 36 heavy (non-hydrogen) atoms. The molecule has 0 bridgehead atoms. The minimum atomic E-state index is -0.139. The lowest BCUT2D eigenvalue weighted by molar-refractivity contribution is 0.0855. The summed E-state index contributed by atoms with van der Waals surface area (Å²) in [4.78, 5) is 31.4. The Morgan fingerprint density at radius 1 is 1.14 bits per heavy atom. The van der Waals surface area contributed by atoms with Gasteiger partial charge in [0, 0.05) is 59.6 Å². The van der Waals surface area contributed by atoms with Crippen molar-refractivity contribution in [2.45, 2.75) is 59.2 Å². The quantitative estimate of drug-likeness (QED) is 0.469. The first-order valence-electron chi connectivity index (χ1n) is 12.9. The van der Waals surface area contributed by atoms with Gasteiger partial charge in [-0.3, -0.25) is 14.5 Å². The number of nitrogens with zero attached hydrogens (tertiary/aromatic N) is 2. The van der Waals surface area contributed by atoms with Crippen molar-refractivity contribution >= 4 is 29.2 Å². The predicted molar refractivity (Wildman–Crippen MR) is 147 cm³/mol. The van der Waals surface area contributed by atoms with Gasteiger partial charge in [-0.15, -0.1) is 12.4 Å². The molecule has 0 saturated carbocycles. The minimum Gasteiger partial charge on any atom is -0.348 e. The third-order valence-corrected chi connectivity index (χ3v) is 8.24. The van der Waals surface area contributed by atoms with E-state index in [9.17, 15) is 9.59 Å². The maximum atomic E-state index is 13.5. The highest BCUT2D eigenvalue weighted by Gasteiger charge is 2.32. The lowest BCUT2D eigenvalue weighted by Gasteiger charge is -2.43. The van der Waals surface area contributed by atoms with Gasteiger partial charge in [-0.1, -0.05) is 18.2 Å². The zero-order chi connectivity index (χ0) is 24.7. The number of piperidine rings is 1. The van der Waals surface area contributed by atoms with Gasteiger partial charge < -0.3 is 20.2 Å². The monoisotopic (exact) mass is 511 g/mol. The number of carbonyl (C=O) groups is 1. The van der Waals surface area contributed by atoms with Gasteiger partial charge >= 0.3 is 0 Å². The maximum absolute atomic E-state index is 13.5. The molecular formula is C28H38ClN5O2. The Kier molecular flexibility index (Phi) is 7.93. The van der Waals surface area contributed by atoms with E-state index in [-0.39, 0.29) is 30.4 Å². The van der Waals surface area contributed by atoms with Crippen molar-refractivity contribution in [1.29, 1.82) is 0 Å². The molecular weight excluding hydrogens is 474 g/mol. The molecule has 5 rings (SSSR count). The van der Waals surface area contributed by atoms with Crippen LogP contribution in [-0.2, 0) is 6.54 Å². The van der Waals surface area contributed by atoms with E-state index in [4.69, 9.17) is 0 Å². The second-order valence-corrected chi connectivity index (χ2v) is 10.4. The van der Waals surface area contributed by atoms with Gasteiger partial charge in [0.1, 0.15) is 0 Å². The molecule has 1 amide bonds. The number of pyridine rings is 1. The van der Waals surface area contributed by atoms with Crippen LogP contribution < -0.4 is 16.2 Å². The molecule has 0 radical (unpaired) electrons. The fraction of sp³-hybridized carbons (Fsp3) is 0.500. The number of halogens is 1. The lowest BCUT2D eigenvalue weighted by atomic mass is 9.88. The second-order valence-electron chi connectivity index (χ2n) is 10.4. The first-order valence-corrected chi connectivity index (χ1v) is 12.9. The standard InChI is InChI=1S/C28H37N5O2.ClH/c1-17-13-18(2)31-27(34)24(17)16-30-28(35)26-20(4)33(25-8-6-5-7-23(25)26)19(3)21-9-11-32(12-10-21)22-14-29-15-22;/h5-8,13,19,21-22,29H,9-12,14-16H2,1-4H3,(H,30,35)(H,31,34);1H. The Bertz CT molecular complexity index is 1300. The topological polar surface area (TPSA) is 82.2 Å². The number of nitrogens with one attached hydrogen (secondary N) is 3. The number of benzene rings is 1. The van der Waals surface area contributed by atoms with E-state index in [1.54, 1.807) is 0 Å². The summed E-state index contributed by atoms with van der Waals surface area (Å²) in [5, 5.41) is 7.39. The Labute approximate surface area is 219 Å². The Morgan fingerprint density at radius 2 is 1.83 bits per heavy atom. The molecule has 3 N–H and O–H groups in total. The molecule has 7 nitrogen and oxygen atoms in total. The zero-order valence-corrected chi connectivity index (χ0v) is 22.5. The van der Waals surface area contributed by atoms with Crippen LogP contribution in [0.3, 0.4) is 0 Å². The Balaban J connectivity index is 0.00000304. The van der Waals surface area contributed by atoms with E-state index in [0.717, 1.165) is 54.0 Å². The smallest absolute Gasteiger partial charge is 0.254 e. The van der Waals surface area contributed by atoms with Gasteiger partial charge in [0.05, 0.1) is 5.56 Å². The number of H-pyrrole nitrogens is 1. The summed E-state index contributed by atoms with van der Waals surface area (Å²) in [7, 11) is 0. The number of hydrogen-bond donors (Lipinski definition) is 3. The third-order valence-electron chi connectivity index (χ3n) is 8.24. The molecule has 8 heteroatoms. The molecule has 2 fully saturated rings. The average Bonchev–Trinajstić information content (AvgIpc) is 3.09. The average molecular weight is 512 g/mol. The molecule has 2 aliphatic heterocycles. The van der Waals surface area contributed by atoms with Crippen molar-refractivity contribution in [3.8, 4) is 0 Å². The van der Waals surface area contributed by atoms with Crippen LogP contribution in [0.15, 0.2) is 35.1 Å². The summed E-state index contributed by atoms with van der Waals surface area (Å²) in [6.07, 6.45) is 2.36. The molecule has 3 aromatic rings. The third kappa shape index (κ3) is 4.84. The number of aromatic nitrogens is 2. The van der Waals surface area contributed by atoms with E-state index >= 15 is 0 Å². The summed E-state index contributed by atoms with van der Waals surface area (Å²) in [6.45, 7) is 12.9. The number of aryl methyl sites for hydroxylation is 2. The number of aromatic amines is 1. The number of carbonyl (C=O) groups excluding carboxylic acids is 1. The summed E-state index contributed by atoms with van der Waals surface area (Å²) in [6, 6.07) is 11.2. The molecule has 2 aliphatic rings. The molecule has 2 saturated heterocycles. The molecule has 1 aromatic carbocycles. The van der Waals surface area contributed by atoms with Crippen LogP contribution in [0.4, 0.5) is 0 Å². The van der Waals surface area contributed by atoms with Crippen LogP contribution in [0.2, 0.25) is 0 Å². The normalized spacial score (nSPS) is 18.0. The van der Waals surface area contributed by atoms with Gasteiger partial charge in [-0.05, 0) is 77.2 Å². The van der Waals surface area contributed by atoms with Crippen LogP contribution in [-0.4, -0.2) is 52.6 Å². The largest absolute Gasteiger partial charge is 0.348 e. The van der Waals surface area contributed by atoms with E-state index < -0.39 is 0 Å². The van der Waals surface area contributed by atoms with Gasteiger partial charge in [0.2, 0.25) is 0 Å². The number of hydrogen-bond acceptors (Lipinski definition) is 4. The summed E-state index contributed by atoms with van der Waals surface area (Å²) in [5.74, 6) is 0.454. The Hall–Kier alpha value is -2.61. The van der Waals surface area contributed by atoms with Crippen molar-refractivity contribution in [2.75, 3.05) is 26.2 Å². The van der Waals surface area contributed by atoms with Crippen LogP contribution in [0, 0.1) is 26.7 Å². The van der Waals surface area contributed by atoms with Crippen LogP contribution in [0.5, 0.6) is 0 Å². The first kappa shape index (κ1) is 26.5. The van der Waals surface area contributed by atoms with Crippen LogP contribution in [0.25, 0.3) is 10.9 Å². The molecule has 2 aromatic heterocycles. The van der Waals surface area contributed by atoms with Gasteiger partial charge in [-0.25, -0.2) is 0 Å². The molecule has 1 atom stereocenters. The van der Waals surface area contributed by atoms with E-state index in [0.29, 0.717) is 29.1 Å². The maximum Gasteiger partial charge on any atom is 0.254 e. The van der Waals surface area contributed by atoms with Crippen molar-refractivity contribution in [2.24, 2.45) is 5.92 Å². The van der Waals surface area contributed by atoms with Gasteiger partial charge in [0.25, 0.3) is 11.5 Å². The van der Waals surface area contributed by atoms with Gasteiger partial charge in [0.15, 0.2) is 0 Å². The molecule has 1 unspecified atom stereocenters. The number of para-hydroxylation sites is 1. The fourth-order valence-electron chi connectivity index (χ4n) is 6.07. The van der Waals surface area contributed by atoms with Crippen LogP contribution >= 0.6 is 12.4 Å². The summed E-state index contributed by atoms with van der Waals surface area (Å²) < 4.78 is 2.37. The Morgan fingerprint density at radius 3 is 2.47 bits per heavy atom. The molecule has 4 heterocycles. The number of likely N-dealkylation sites (tertiary alicyclic amines) is 1. The van der Waals surface area contributed by atoms with Crippen molar-refractivity contribution in [3.05, 3.63) is 68.8 Å². The van der Waals surface area contributed by atoms with E-state index in [1.165, 1.54) is 12.8 Å². The molecule has 0 aliphatic carbocycles. The second kappa shape index (κ2) is 10.8. The summed E-state index contributed by atoms with van der Waals surface area (Å²) in [5.41, 5.74) is 5.00. The fourth-order valence-corrected chi connectivity index (χ4v) is 6.07. The SMILES string of the molecule is Cc1cc(C)c(CNC(=O)c2c(C)n(C(C)C3CCN(C4CNC4)CC3)c3ccccc23)c(=O)[nH]1.Cl. The first-order chi connectivity index (χ1) is 16.8. The number of rotatable bonds is 6. The van der Waals surface area contributed by atoms with Crippen LogP contribution in [0.1, 0.15) is 58.7 Å².